The number of aromatic nitrogens is 4. The second-order valence-electron chi connectivity index (χ2n) is 9.38. The molecule has 0 radical (unpaired) electrons. The Morgan fingerprint density at radius 3 is 2.79 bits per heavy atom. The lowest BCUT2D eigenvalue weighted by molar-refractivity contribution is 0.0690. The number of nitrogens with zero attached hydrogens (tertiary/aromatic N) is 5. The maximum Gasteiger partial charge on any atom is 0.410 e. The van der Waals surface area contributed by atoms with Crippen molar-refractivity contribution < 1.29 is 14.3 Å². The smallest absolute Gasteiger partial charge is 0.410 e. The van der Waals surface area contributed by atoms with Crippen LogP contribution in [-0.2, 0) is 9.47 Å². The van der Waals surface area contributed by atoms with Gasteiger partial charge in [0.1, 0.15) is 11.5 Å². The fourth-order valence-corrected chi connectivity index (χ4v) is 4.79. The van der Waals surface area contributed by atoms with Crippen LogP contribution >= 0.6 is 0 Å². The zero-order valence-corrected chi connectivity index (χ0v) is 20.0. The van der Waals surface area contributed by atoms with Gasteiger partial charge in [0.2, 0.25) is 0 Å². The third-order valence-corrected chi connectivity index (χ3v) is 6.60. The minimum absolute atomic E-state index is 0.113. The van der Waals surface area contributed by atoms with E-state index in [9.17, 15) is 4.79 Å². The first kappa shape index (κ1) is 22.6. The quantitative estimate of drug-likeness (QED) is 0.624. The lowest BCUT2D eigenvalue weighted by Gasteiger charge is -2.35. The molecule has 3 aromatic heterocycles. The number of aromatic amines is 1. The van der Waals surface area contributed by atoms with Crippen LogP contribution < -0.4 is 4.90 Å². The molecule has 0 spiro atoms. The van der Waals surface area contributed by atoms with Crippen LogP contribution in [0.25, 0.3) is 22.4 Å². The van der Waals surface area contributed by atoms with Crippen molar-refractivity contribution in [3.8, 4) is 11.4 Å². The molecule has 9 heteroatoms. The van der Waals surface area contributed by atoms with Gasteiger partial charge >= 0.3 is 6.09 Å². The van der Waals surface area contributed by atoms with Gasteiger partial charge in [-0.1, -0.05) is 0 Å². The van der Waals surface area contributed by atoms with E-state index in [1.165, 1.54) is 0 Å². The number of piperidine rings is 1. The Labute approximate surface area is 199 Å². The average molecular weight is 465 g/mol. The topological polar surface area (TPSA) is 96.5 Å². The third-order valence-electron chi connectivity index (χ3n) is 6.60. The van der Waals surface area contributed by atoms with Crippen molar-refractivity contribution in [3.05, 3.63) is 36.3 Å². The van der Waals surface area contributed by atoms with Gasteiger partial charge in [0.05, 0.1) is 25.4 Å². The van der Waals surface area contributed by atoms with Gasteiger partial charge in [-0.25, -0.2) is 19.7 Å². The number of likely N-dealkylation sites (tertiary alicyclic amines) is 1. The highest BCUT2D eigenvalue weighted by molar-refractivity contribution is 5.91. The maximum atomic E-state index is 12.3. The van der Waals surface area contributed by atoms with Gasteiger partial charge in [0.15, 0.2) is 5.82 Å². The summed E-state index contributed by atoms with van der Waals surface area (Å²) >= 11 is 0. The molecular weight excluding hydrogens is 432 g/mol. The number of hydrogen-bond donors (Lipinski definition) is 1. The molecule has 34 heavy (non-hydrogen) atoms. The minimum atomic E-state index is -0.230. The molecule has 0 aliphatic carbocycles. The van der Waals surface area contributed by atoms with E-state index in [-0.39, 0.29) is 24.2 Å². The summed E-state index contributed by atoms with van der Waals surface area (Å²) in [6, 6.07) is 6.37. The summed E-state index contributed by atoms with van der Waals surface area (Å²) in [5, 5.41) is 1.01. The Morgan fingerprint density at radius 1 is 1.21 bits per heavy atom. The van der Waals surface area contributed by atoms with Crippen LogP contribution in [0.5, 0.6) is 0 Å². The second kappa shape index (κ2) is 9.58. The van der Waals surface area contributed by atoms with Crippen molar-refractivity contribution in [2.45, 2.75) is 51.7 Å². The van der Waals surface area contributed by atoms with Crippen molar-refractivity contribution in [1.29, 1.82) is 0 Å². The summed E-state index contributed by atoms with van der Waals surface area (Å²) < 4.78 is 11.0. The summed E-state index contributed by atoms with van der Waals surface area (Å²) in [5.41, 5.74) is 2.81. The van der Waals surface area contributed by atoms with Crippen molar-refractivity contribution in [1.82, 2.24) is 24.8 Å². The summed E-state index contributed by atoms with van der Waals surface area (Å²) in [7, 11) is 0. The number of anilines is 1. The van der Waals surface area contributed by atoms with Crippen LogP contribution in [0.1, 0.15) is 45.2 Å². The van der Waals surface area contributed by atoms with E-state index in [0.717, 1.165) is 47.5 Å². The third kappa shape index (κ3) is 4.57. The van der Waals surface area contributed by atoms with E-state index in [0.29, 0.717) is 32.1 Å². The van der Waals surface area contributed by atoms with Crippen molar-refractivity contribution >= 4 is 22.9 Å². The monoisotopic (exact) mass is 464 g/mol. The highest BCUT2D eigenvalue weighted by Gasteiger charge is 2.28. The molecule has 2 aliphatic heterocycles. The predicted octanol–water partition coefficient (Wildman–Crippen LogP) is 3.97. The van der Waals surface area contributed by atoms with Crippen molar-refractivity contribution in [3.63, 3.8) is 0 Å². The van der Waals surface area contributed by atoms with Crippen molar-refractivity contribution in [2.24, 2.45) is 0 Å². The molecule has 9 nitrogen and oxygen atoms in total. The van der Waals surface area contributed by atoms with Crippen LogP contribution in [0, 0.1) is 0 Å². The molecule has 3 aromatic rings. The van der Waals surface area contributed by atoms with E-state index in [1.54, 1.807) is 11.1 Å². The Kier molecular flexibility index (Phi) is 6.36. The van der Waals surface area contributed by atoms with Gasteiger partial charge < -0.3 is 24.3 Å². The molecule has 2 saturated heterocycles. The number of pyridine rings is 1. The standard InChI is InChI=1S/C25H32N6O3/c1-16(2)34-25(32)30-10-6-18(7-11-30)21-14-22(31-12-13-33-15-17(31)3)29-24(28-21)20-5-9-27-23-19(20)4-8-26-23/h4-5,8-9,14,16-18H,6-7,10-13,15H2,1-3H3,(H,26,27)/t17-/m1/s1. The van der Waals surface area contributed by atoms with E-state index < -0.39 is 0 Å². The number of carbonyl (C=O) groups is 1. The molecule has 0 saturated carbocycles. The van der Waals surface area contributed by atoms with E-state index in [4.69, 9.17) is 19.4 Å². The molecular formula is C25H32N6O3. The van der Waals surface area contributed by atoms with Crippen LogP contribution in [0.3, 0.4) is 0 Å². The summed E-state index contributed by atoms with van der Waals surface area (Å²) in [6.45, 7) is 9.41. The van der Waals surface area contributed by atoms with Gasteiger partial charge in [-0.05, 0) is 45.7 Å². The first-order chi connectivity index (χ1) is 16.5. The lowest BCUT2D eigenvalue weighted by atomic mass is 9.93. The minimum Gasteiger partial charge on any atom is -0.447 e. The summed E-state index contributed by atoms with van der Waals surface area (Å²) in [4.78, 5) is 34.1. The molecule has 5 heterocycles. The number of ether oxygens (including phenoxy) is 2. The molecule has 1 atom stereocenters. The van der Waals surface area contributed by atoms with Crippen LogP contribution in [0.4, 0.5) is 10.6 Å². The molecule has 2 aliphatic rings. The number of amides is 1. The molecule has 1 amide bonds. The second-order valence-corrected chi connectivity index (χ2v) is 9.38. The molecule has 2 fully saturated rings. The van der Waals surface area contributed by atoms with E-state index >= 15 is 0 Å². The predicted molar refractivity (Wildman–Crippen MR) is 130 cm³/mol. The van der Waals surface area contributed by atoms with E-state index in [1.807, 2.05) is 32.2 Å². The Hall–Kier alpha value is -3.20. The number of carbonyl (C=O) groups excluding carboxylic acids is 1. The largest absolute Gasteiger partial charge is 0.447 e. The molecule has 0 unspecified atom stereocenters. The van der Waals surface area contributed by atoms with Gasteiger partial charge in [-0.15, -0.1) is 0 Å². The fraction of sp³-hybridized carbons (Fsp3) is 0.520. The SMILES string of the molecule is CC(C)OC(=O)N1CCC(c2cc(N3CCOC[C@H]3C)nc(-c3ccnc4[nH]ccc34)n2)CC1. The fourth-order valence-electron chi connectivity index (χ4n) is 4.79. The zero-order chi connectivity index (χ0) is 23.7. The van der Waals surface area contributed by atoms with Crippen LogP contribution in [0.2, 0.25) is 0 Å². The Bertz CT molecular complexity index is 1150. The first-order valence-electron chi connectivity index (χ1n) is 12.1. The summed E-state index contributed by atoms with van der Waals surface area (Å²) in [5.74, 6) is 1.89. The number of fused-ring (bicyclic) bond motifs is 1. The highest BCUT2D eigenvalue weighted by atomic mass is 16.6. The van der Waals surface area contributed by atoms with Gasteiger partial charge in [-0.2, -0.15) is 0 Å². The van der Waals surface area contributed by atoms with Gasteiger partial charge in [0.25, 0.3) is 0 Å². The number of nitrogens with one attached hydrogen (secondary N) is 1. The zero-order valence-electron chi connectivity index (χ0n) is 20.0. The van der Waals surface area contributed by atoms with Gasteiger partial charge in [-0.3, -0.25) is 0 Å². The molecule has 1 N–H and O–H groups in total. The molecule has 5 rings (SSSR count). The van der Waals surface area contributed by atoms with Gasteiger partial charge in [0, 0.05) is 60.7 Å². The number of hydrogen-bond acceptors (Lipinski definition) is 7. The van der Waals surface area contributed by atoms with Crippen LogP contribution in [-0.4, -0.2) is 75.9 Å². The number of morpholine rings is 1. The molecule has 0 aromatic carbocycles. The van der Waals surface area contributed by atoms with Crippen LogP contribution in [0.15, 0.2) is 30.6 Å². The number of H-pyrrole nitrogens is 1. The lowest BCUT2D eigenvalue weighted by Crippen LogP contribution is -2.44. The number of rotatable bonds is 4. The first-order valence-corrected chi connectivity index (χ1v) is 12.1. The Morgan fingerprint density at radius 2 is 2.03 bits per heavy atom. The van der Waals surface area contributed by atoms with E-state index in [2.05, 4.69) is 27.9 Å². The molecule has 180 valence electrons. The Balaban J connectivity index is 1.47. The normalized spacial score (nSPS) is 19.7. The highest BCUT2D eigenvalue weighted by Crippen LogP contribution is 2.33. The summed E-state index contributed by atoms with van der Waals surface area (Å²) in [6.07, 6.45) is 5.03. The molecule has 0 bridgehead atoms. The maximum absolute atomic E-state index is 12.3. The average Bonchev–Trinajstić information content (AvgIpc) is 3.33. The van der Waals surface area contributed by atoms with Crippen molar-refractivity contribution in [2.75, 3.05) is 37.7 Å².